The summed E-state index contributed by atoms with van der Waals surface area (Å²) in [7, 11) is 0. The van der Waals surface area contributed by atoms with E-state index in [9.17, 15) is 4.79 Å². The fourth-order valence-corrected chi connectivity index (χ4v) is 2.37. The van der Waals surface area contributed by atoms with Crippen molar-refractivity contribution in [3.05, 3.63) is 59.2 Å². The minimum atomic E-state index is -0.893. The number of carbonyl (C=O) groups is 1. The van der Waals surface area contributed by atoms with E-state index in [0.717, 1.165) is 5.56 Å². The molecule has 0 heterocycles. The molecule has 1 N–H and O–H groups in total. The van der Waals surface area contributed by atoms with E-state index < -0.39 is 16.8 Å². The predicted octanol–water partition coefficient (Wildman–Crippen LogP) is 3.60. The smallest absolute Gasteiger partial charge is 0.314 e. The topological polar surface area (TPSA) is 37.3 Å². The van der Waals surface area contributed by atoms with Gasteiger partial charge in [-0.3, -0.25) is 4.79 Å². The Morgan fingerprint density at radius 1 is 1.24 bits per heavy atom. The average Bonchev–Trinajstić information content (AvgIpc) is 2.30. The van der Waals surface area contributed by atoms with Crippen molar-refractivity contribution in [3.8, 4) is 0 Å². The maximum atomic E-state index is 10.8. The van der Waals surface area contributed by atoms with E-state index >= 15 is 0 Å². The summed E-state index contributed by atoms with van der Waals surface area (Å²) < 4.78 is 0. The molecule has 0 saturated heterocycles. The molecule has 2 rings (SSSR count). The van der Waals surface area contributed by atoms with E-state index in [1.807, 2.05) is 18.2 Å². The number of rotatable bonds is 2. The summed E-state index contributed by atoms with van der Waals surface area (Å²) in [4.78, 5) is 9.94. The van der Waals surface area contributed by atoms with Crippen molar-refractivity contribution >= 4 is 29.2 Å². The third-order valence-corrected chi connectivity index (χ3v) is 3.45. The summed E-state index contributed by atoms with van der Waals surface area (Å²) >= 11 is 12.5. The zero-order valence-corrected chi connectivity index (χ0v) is 10.3. The van der Waals surface area contributed by atoms with Gasteiger partial charge in [-0.05, 0) is 11.6 Å². The summed E-state index contributed by atoms with van der Waals surface area (Å²) in [6.07, 6.45) is 6.46. The highest BCUT2D eigenvalue weighted by Gasteiger charge is 2.29. The largest absolute Gasteiger partial charge is 0.481 e. The molecule has 0 spiro atoms. The Bertz CT molecular complexity index is 492. The monoisotopic (exact) mass is 268 g/mol. The standard InChI is InChI=1S/C13H10Cl2O2/c14-11-4-2-1-3-10(11)13(15)7-5-9(6-8-13)12(16)17/h1-9H,(H,16,17). The second-order valence-corrected chi connectivity index (χ2v) is 4.86. The molecule has 88 valence electrons. The molecule has 4 heteroatoms. The van der Waals surface area contributed by atoms with Gasteiger partial charge in [0.15, 0.2) is 0 Å². The van der Waals surface area contributed by atoms with E-state index in [1.165, 1.54) is 0 Å². The van der Waals surface area contributed by atoms with Crippen LogP contribution in [0.2, 0.25) is 5.02 Å². The van der Waals surface area contributed by atoms with Gasteiger partial charge in [-0.1, -0.05) is 54.1 Å². The van der Waals surface area contributed by atoms with Crippen LogP contribution >= 0.6 is 23.2 Å². The predicted molar refractivity (Wildman–Crippen MR) is 68.4 cm³/mol. The molecule has 0 radical (unpaired) electrons. The van der Waals surface area contributed by atoms with Crippen LogP contribution in [-0.2, 0) is 9.67 Å². The van der Waals surface area contributed by atoms with Gasteiger partial charge >= 0.3 is 5.97 Å². The molecule has 2 nitrogen and oxygen atoms in total. The number of carboxylic acids is 1. The minimum absolute atomic E-state index is 0.561. The van der Waals surface area contributed by atoms with Crippen LogP contribution in [0.15, 0.2) is 48.6 Å². The number of carboxylic acid groups (broad SMARTS) is 1. The van der Waals surface area contributed by atoms with Crippen molar-refractivity contribution < 1.29 is 9.90 Å². The molecule has 0 fully saturated rings. The zero-order chi connectivity index (χ0) is 12.5. The van der Waals surface area contributed by atoms with Crippen molar-refractivity contribution in [2.75, 3.05) is 0 Å². The lowest BCUT2D eigenvalue weighted by Crippen LogP contribution is -2.20. The van der Waals surface area contributed by atoms with Gasteiger partial charge in [0.2, 0.25) is 0 Å². The first-order valence-corrected chi connectivity index (χ1v) is 5.84. The van der Waals surface area contributed by atoms with E-state index in [0.29, 0.717) is 5.02 Å². The van der Waals surface area contributed by atoms with Gasteiger partial charge in [0.05, 0.1) is 5.92 Å². The highest BCUT2D eigenvalue weighted by Crippen LogP contribution is 2.39. The minimum Gasteiger partial charge on any atom is -0.481 e. The van der Waals surface area contributed by atoms with E-state index in [-0.39, 0.29) is 0 Å². The van der Waals surface area contributed by atoms with E-state index in [2.05, 4.69) is 0 Å². The molecule has 0 unspecified atom stereocenters. The highest BCUT2D eigenvalue weighted by molar-refractivity contribution is 6.34. The second-order valence-electron chi connectivity index (χ2n) is 3.83. The van der Waals surface area contributed by atoms with Crippen LogP contribution in [0.1, 0.15) is 5.56 Å². The van der Waals surface area contributed by atoms with Crippen LogP contribution in [0.3, 0.4) is 0 Å². The van der Waals surface area contributed by atoms with Crippen LogP contribution in [0.25, 0.3) is 0 Å². The van der Waals surface area contributed by atoms with Gasteiger partial charge in [-0.25, -0.2) is 0 Å². The Morgan fingerprint density at radius 3 is 2.35 bits per heavy atom. The summed E-state index contributed by atoms with van der Waals surface area (Å²) in [6.45, 7) is 0. The molecule has 0 amide bonds. The van der Waals surface area contributed by atoms with Gasteiger partial charge in [0.1, 0.15) is 4.87 Å². The third kappa shape index (κ3) is 2.38. The lowest BCUT2D eigenvalue weighted by Gasteiger charge is -2.24. The Kier molecular flexibility index (Phi) is 3.27. The number of hydrogen-bond donors (Lipinski definition) is 1. The Labute approximate surface area is 109 Å². The lowest BCUT2D eigenvalue weighted by atomic mass is 9.90. The van der Waals surface area contributed by atoms with Gasteiger partial charge < -0.3 is 5.11 Å². The Balaban J connectivity index is 2.36. The van der Waals surface area contributed by atoms with E-state index in [1.54, 1.807) is 30.4 Å². The fourth-order valence-electron chi connectivity index (χ4n) is 1.72. The first kappa shape index (κ1) is 12.2. The van der Waals surface area contributed by atoms with Crippen molar-refractivity contribution in [3.63, 3.8) is 0 Å². The molecule has 0 atom stereocenters. The summed E-state index contributed by atoms with van der Waals surface area (Å²) in [5, 5.41) is 9.42. The number of halogens is 2. The normalized spacial score (nSPS) is 27.1. The number of benzene rings is 1. The number of hydrogen-bond acceptors (Lipinski definition) is 1. The van der Waals surface area contributed by atoms with Crippen LogP contribution in [0.4, 0.5) is 0 Å². The van der Waals surface area contributed by atoms with Crippen molar-refractivity contribution in [2.45, 2.75) is 4.87 Å². The Hall–Kier alpha value is -1.25. The van der Waals surface area contributed by atoms with Gasteiger partial charge in [0, 0.05) is 5.02 Å². The molecule has 0 saturated carbocycles. The Morgan fingerprint density at radius 2 is 1.82 bits per heavy atom. The highest BCUT2D eigenvalue weighted by atomic mass is 35.5. The molecule has 1 aromatic carbocycles. The van der Waals surface area contributed by atoms with Crippen molar-refractivity contribution in [1.82, 2.24) is 0 Å². The van der Waals surface area contributed by atoms with Crippen LogP contribution < -0.4 is 0 Å². The van der Waals surface area contributed by atoms with Gasteiger partial charge in [-0.2, -0.15) is 0 Å². The molecule has 1 aliphatic carbocycles. The molecular weight excluding hydrogens is 259 g/mol. The number of aliphatic carboxylic acids is 1. The van der Waals surface area contributed by atoms with Crippen LogP contribution in [-0.4, -0.2) is 11.1 Å². The fraction of sp³-hybridized carbons (Fsp3) is 0.154. The molecular formula is C13H10Cl2O2. The number of alkyl halides is 1. The zero-order valence-electron chi connectivity index (χ0n) is 8.81. The average molecular weight is 269 g/mol. The summed E-state index contributed by atoms with van der Waals surface area (Å²) in [5.41, 5.74) is 0.750. The van der Waals surface area contributed by atoms with Gasteiger partial charge in [0.25, 0.3) is 0 Å². The van der Waals surface area contributed by atoms with Crippen molar-refractivity contribution in [2.24, 2.45) is 5.92 Å². The van der Waals surface area contributed by atoms with E-state index in [4.69, 9.17) is 28.3 Å². The first-order valence-electron chi connectivity index (χ1n) is 5.08. The molecule has 1 aromatic rings. The molecule has 17 heavy (non-hydrogen) atoms. The summed E-state index contributed by atoms with van der Waals surface area (Å²) in [6, 6.07) is 7.25. The third-order valence-electron chi connectivity index (χ3n) is 2.66. The SMILES string of the molecule is O=C(O)C1C=CC(Cl)(c2ccccc2Cl)C=C1. The van der Waals surface area contributed by atoms with Gasteiger partial charge in [-0.15, -0.1) is 11.6 Å². The first-order chi connectivity index (χ1) is 8.03. The molecule has 1 aliphatic rings. The van der Waals surface area contributed by atoms with Crippen LogP contribution in [0, 0.1) is 5.92 Å². The summed E-state index contributed by atoms with van der Waals surface area (Å²) in [5.74, 6) is -1.51. The number of allylic oxidation sites excluding steroid dienone is 2. The second kappa shape index (κ2) is 4.55. The maximum Gasteiger partial charge on any atom is 0.314 e. The lowest BCUT2D eigenvalue weighted by molar-refractivity contribution is -0.138. The molecule has 0 aromatic heterocycles. The van der Waals surface area contributed by atoms with Crippen molar-refractivity contribution in [1.29, 1.82) is 0 Å². The molecule has 0 aliphatic heterocycles. The van der Waals surface area contributed by atoms with Crippen LogP contribution in [0.5, 0.6) is 0 Å². The maximum absolute atomic E-state index is 10.8. The molecule has 0 bridgehead atoms. The quantitative estimate of drug-likeness (QED) is 0.658.